The Morgan fingerprint density at radius 2 is 1.91 bits per heavy atom. The molecule has 0 bridgehead atoms. The fourth-order valence-electron chi connectivity index (χ4n) is 2.14. The Hall–Kier alpha value is -2.37. The second-order valence-electron chi connectivity index (χ2n) is 7.05. The summed E-state index contributed by atoms with van der Waals surface area (Å²) in [6.07, 6.45) is 1.74. The molecular formula is C17H24N4O2. The number of hydrogen-bond donors (Lipinski definition) is 2. The summed E-state index contributed by atoms with van der Waals surface area (Å²) in [5.74, 6) is -0.00652. The molecule has 2 aromatic rings. The summed E-state index contributed by atoms with van der Waals surface area (Å²) in [7, 11) is 0. The van der Waals surface area contributed by atoms with E-state index in [4.69, 9.17) is 0 Å². The molecule has 6 heteroatoms. The lowest BCUT2D eigenvalue weighted by Crippen LogP contribution is -2.40. The number of carbonyl (C=O) groups excluding carboxylic acids is 2. The van der Waals surface area contributed by atoms with Crippen LogP contribution in [0.25, 0.3) is 5.52 Å². The van der Waals surface area contributed by atoms with Gasteiger partial charge in [0, 0.05) is 18.3 Å². The molecule has 2 amide bonds. The topological polar surface area (TPSA) is 75.5 Å². The van der Waals surface area contributed by atoms with Gasteiger partial charge in [0.2, 0.25) is 5.82 Å². The van der Waals surface area contributed by atoms with Gasteiger partial charge < -0.3 is 10.6 Å². The van der Waals surface area contributed by atoms with E-state index in [0.717, 1.165) is 0 Å². The summed E-state index contributed by atoms with van der Waals surface area (Å²) in [6, 6.07) is 5.41. The molecule has 0 aliphatic heterocycles. The highest BCUT2D eigenvalue weighted by atomic mass is 16.2. The molecule has 0 saturated heterocycles. The van der Waals surface area contributed by atoms with Crippen molar-refractivity contribution < 1.29 is 9.59 Å². The Morgan fingerprint density at radius 3 is 2.52 bits per heavy atom. The number of imidazole rings is 1. The predicted molar refractivity (Wildman–Crippen MR) is 89.6 cm³/mol. The Labute approximate surface area is 136 Å². The van der Waals surface area contributed by atoms with Crippen molar-refractivity contribution in [1.82, 2.24) is 20.0 Å². The van der Waals surface area contributed by atoms with Gasteiger partial charge in [-0.2, -0.15) is 0 Å². The van der Waals surface area contributed by atoms with E-state index in [1.807, 2.05) is 40.7 Å². The third-order valence-corrected chi connectivity index (χ3v) is 3.13. The molecule has 0 atom stereocenters. The monoisotopic (exact) mass is 316 g/mol. The van der Waals surface area contributed by atoms with Crippen LogP contribution in [0.15, 0.2) is 24.4 Å². The molecule has 0 radical (unpaired) electrons. The summed E-state index contributed by atoms with van der Waals surface area (Å²) in [5.41, 5.74) is 0.501. The fourth-order valence-corrected chi connectivity index (χ4v) is 2.14. The summed E-state index contributed by atoms with van der Waals surface area (Å²) < 4.78 is 1.65. The van der Waals surface area contributed by atoms with Crippen LogP contribution in [0.5, 0.6) is 0 Å². The van der Waals surface area contributed by atoms with Crippen LogP contribution in [0.3, 0.4) is 0 Å². The van der Waals surface area contributed by atoms with Gasteiger partial charge in [-0.05, 0) is 38.8 Å². The number of nitrogens with zero attached hydrogens (tertiary/aromatic N) is 2. The largest absolute Gasteiger partial charge is 0.349 e. The average molecular weight is 316 g/mol. The zero-order valence-electron chi connectivity index (χ0n) is 14.3. The Kier molecular flexibility index (Phi) is 4.73. The van der Waals surface area contributed by atoms with Crippen molar-refractivity contribution in [2.24, 2.45) is 5.92 Å². The minimum atomic E-state index is -0.373. The van der Waals surface area contributed by atoms with E-state index < -0.39 is 0 Å². The molecule has 0 unspecified atom stereocenters. The zero-order valence-corrected chi connectivity index (χ0v) is 14.3. The number of amides is 2. The van der Waals surface area contributed by atoms with Crippen molar-refractivity contribution in [3.8, 4) is 0 Å². The molecule has 2 aromatic heterocycles. The molecule has 0 aliphatic carbocycles. The SMILES string of the molecule is CC(C)CNC(=O)c1nc(C(=O)NC(C)(C)C)c2ccccn12. The smallest absolute Gasteiger partial charge is 0.287 e. The minimum Gasteiger partial charge on any atom is -0.349 e. The molecular weight excluding hydrogens is 292 g/mol. The van der Waals surface area contributed by atoms with Crippen molar-refractivity contribution in [3.63, 3.8) is 0 Å². The normalized spacial score (nSPS) is 11.7. The van der Waals surface area contributed by atoms with E-state index >= 15 is 0 Å². The number of hydrogen-bond acceptors (Lipinski definition) is 3. The van der Waals surface area contributed by atoms with Crippen LogP contribution in [0, 0.1) is 5.92 Å². The third kappa shape index (κ3) is 4.09. The molecule has 2 rings (SSSR count). The Bertz CT molecular complexity index is 726. The molecule has 2 heterocycles. The van der Waals surface area contributed by atoms with E-state index in [9.17, 15) is 9.59 Å². The number of carbonyl (C=O) groups is 2. The average Bonchev–Trinajstić information content (AvgIpc) is 2.82. The van der Waals surface area contributed by atoms with Crippen LogP contribution in [0.1, 0.15) is 55.7 Å². The first kappa shape index (κ1) is 17.0. The molecule has 23 heavy (non-hydrogen) atoms. The molecule has 2 N–H and O–H groups in total. The van der Waals surface area contributed by atoms with Crippen molar-refractivity contribution in [3.05, 3.63) is 35.9 Å². The predicted octanol–water partition coefficient (Wildman–Crippen LogP) is 2.25. The minimum absolute atomic E-state index is 0.223. The number of pyridine rings is 1. The van der Waals surface area contributed by atoms with E-state index in [0.29, 0.717) is 18.0 Å². The first-order valence-electron chi connectivity index (χ1n) is 7.77. The molecule has 0 fully saturated rings. The van der Waals surface area contributed by atoms with Gasteiger partial charge in [-0.3, -0.25) is 14.0 Å². The van der Waals surface area contributed by atoms with Crippen LogP contribution >= 0.6 is 0 Å². The van der Waals surface area contributed by atoms with Crippen molar-refractivity contribution in [1.29, 1.82) is 0 Å². The first-order valence-corrected chi connectivity index (χ1v) is 7.77. The van der Waals surface area contributed by atoms with E-state index in [1.54, 1.807) is 22.7 Å². The van der Waals surface area contributed by atoms with Crippen molar-refractivity contribution in [2.45, 2.75) is 40.2 Å². The maximum Gasteiger partial charge on any atom is 0.287 e. The molecule has 0 aromatic carbocycles. The summed E-state index contributed by atoms with van der Waals surface area (Å²) in [5, 5.41) is 5.72. The van der Waals surface area contributed by atoms with Gasteiger partial charge in [0.05, 0.1) is 5.52 Å². The van der Waals surface area contributed by atoms with Crippen molar-refractivity contribution in [2.75, 3.05) is 6.54 Å². The van der Waals surface area contributed by atoms with Crippen molar-refractivity contribution >= 4 is 17.3 Å². The number of aromatic nitrogens is 2. The second-order valence-corrected chi connectivity index (χ2v) is 7.05. The lowest BCUT2D eigenvalue weighted by Gasteiger charge is -2.19. The molecule has 0 spiro atoms. The van der Waals surface area contributed by atoms with Gasteiger partial charge in [-0.15, -0.1) is 0 Å². The molecule has 0 aliphatic rings. The molecule has 0 saturated carbocycles. The lowest BCUT2D eigenvalue weighted by molar-refractivity contribution is 0.0916. The number of rotatable bonds is 4. The highest BCUT2D eigenvalue weighted by molar-refractivity contribution is 6.02. The highest BCUT2D eigenvalue weighted by Crippen LogP contribution is 2.14. The number of nitrogens with one attached hydrogen (secondary N) is 2. The maximum atomic E-state index is 12.5. The van der Waals surface area contributed by atoms with E-state index in [-0.39, 0.29) is 28.9 Å². The van der Waals surface area contributed by atoms with Gasteiger partial charge in [-0.25, -0.2) is 4.98 Å². The molecule has 6 nitrogen and oxygen atoms in total. The highest BCUT2D eigenvalue weighted by Gasteiger charge is 2.23. The summed E-state index contributed by atoms with van der Waals surface area (Å²) in [6.45, 7) is 10.3. The maximum absolute atomic E-state index is 12.5. The van der Waals surface area contributed by atoms with Gasteiger partial charge in [0.25, 0.3) is 11.8 Å². The second kappa shape index (κ2) is 6.40. The van der Waals surface area contributed by atoms with E-state index in [2.05, 4.69) is 15.6 Å². The van der Waals surface area contributed by atoms with Gasteiger partial charge in [-0.1, -0.05) is 19.9 Å². The van der Waals surface area contributed by atoms with Crippen LogP contribution < -0.4 is 10.6 Å². The molecule has 124 valence electrons. The van der Waals surface area contributed by atoms with Crippen LogP contribution in [-0.4, -0.2) is 33.3 Å². The van der Waals surface area contributed by atoms with Crippen LogP contribution in [0.4, 0.5) is 0 Å². The van der Waals surface area contributed by atoms with Gasteiger partial charge in [0.15, 0.2) is 5.69 Å². The Morgan fingerprint density at radius 1 is 1.22 bits per heavy atom. The van der Waals surface area contributed by atoms with Crippen LogP contribution in [-0.2, 0) is 0 Å². The summed E-state index contributed by atoms with van der Waals surface area (Å²) >= 11 is 0. The van der Waals surface area contributed by atoms with Crippen LogP contribution in [0.2, 0.25) is 0 Å². The third-order valence-electron chi connectivity index (χ3n) is 3.13. The fraction of sp³-hybridized carbons (Fsp3) is 0.471. The standard InChI is InChI=1S/C17H24N4O2/c1-11(2)10-18-16(23)14-19-13(15(22)20-17(3,4)5)12-8-6-7-9-21(12)14/h6-9,11H,10H2,1-5H3,(H,18,23)(H,20,22). The quantitative estimate of drug-likeness (QED) is 0.908. The van der Waals surface area contributed by atoms with E-state index in [1.165, 1.54) is 0 Å². The number of fused-ring (bicyclic) bond motifs is 1. The van der Waals surface area contributed by atoms with Gasteiger partial charge >= 0.3 is 0 Å². The summed E-state index contributed by atoms with van der Waals surface area (Å²) in [4.78, 5) is 29.1. The first-order chi connectivity index (χ1) is 10.7. The lowest BCUT2D eigenvalue weighted by atomic mass is 10.1. The zero-order chi connectivity index (χ0) is 17.2. The Balaban J connectivity index is 2.40. The van der Waals surface area contributed by atoms with Gasteiger partial charge in [0.1, 0.15) is 0 Å².